The number of nitrogens with one attached hydrogen (secondary N) is 1. The number of aryl methyl sites for hydroxylation is 1. The van der Waals surface area contributed by atoms with E-state index < -0.39 is 22.4 Å². The van der Waals surface area contributed by atoms with Crippen LogP contribution in [-0.2, 0) is 16.1 Å². The van der Waals surface area contributed by atoms with Crippen LogP contribution >= 0.6 is 0 Å². The molecule has 20 heavy (non-hydrogen) atoms. The van der Waals surface area contributed by atoms with Crippen LogP contribution in [0.3, 0.4) is 0 Å². The van der Waals surface area contributed by atoms with Gasteiger partial charge in [0.1, 0.15) is 0 Å². The molecule has 1 aromatic heterocycles. The van der Waals surface area contributed by atoms with E-state index in [4.69, 9.17) is 5.11 Å². The molecule has 0 aliphatic carbocycles. The Morgan fingerprint density at radius 3 is 2.65 bits per heavy atom. The molecule has 0 saturated heterocycles. The normalized spacial score (nSPS) is 10.0. The number of carbonyl (C=O) groups excluding carboxylic acids is 1. The number of nitro groups is 1. The zero-order valence-electron chi connectivity index (χ0n) is 10.4. The van der Waals surface area contributed by atoms with Crippen LogP contribution in [0, 0.1) is 10.1 Å². The van der Waals surface area contributed by atoms with E-state index in [1.807, 2.05) is 0 Å². The van der Waals surface area contributed by atoms with Gasteiger partial charge in [-0.05, 0) is 0 Å². The molecule has 2 N–H and O–H groups in total. The predicted octanol–water partition coefficient (Wildman–Crippen LogP) is -0.263. The summed E-state index contributed by atoms with van der Waals surface area (Å²) in [6.45, 7) is -0.0164. The van der Waals surface area contributed by atoms with E-state index in [-0.39, 0.29) is 31.6 Å². The van der Waals surface area contributed by atoms with Crippen LogP contribution in [0.5, 0.6) is 0 Å². The molecule has 1 heterocycles. The fourth-order valence-electron chi connectivity index (χ4n) is 1.42. The third-order valence-corrected chi connectivity index (χ3v) is 2.42. The lowest BCUT2D eigenvalue weighted by atomic mass is 10.3. The first-order valence-corrected chi connectivity index (χ1v) is 5.73. The van der Waals surface area contributed by atoms with Crippen molar-refractivity contribution in [1.82, 2.24) is 9.88 Å². The second-order valence-corrected chi connectivity index (χ2v) is 3.92. The zero-order chi connectivity index (χ0) is 15.1. The fourth-order valence-corrected chi connectivity index (χ4v) is 1.42. The summed E-state index contributed by atoms with van der Waals surface area (Å²) >= 11 is 0. The van der Waals surface area contributed by atoms with Gasteiger partial charge in [0.2, 0.25) is 5.91 Å². The van der Waals surface area contributed by atoms with E-state index in [9.17, 15) is 24.5 Å². The van der Waals surface area contributed by atoms with Crippen molar-refractivity contribution in [1.29, 1.82) is 0 Å². The lowest BCUT2D eigenvalue weighted by Gasteiger charge is -2.06. The average molecular weight is 283 g/mol. The first-order chi connectivity index (χ1) is 9.40. The molecule has 1 amide bonds. The van der Waals surface area contributed by atoms with Crippen molar-refractivity contribution >= 4 is 17.6 Å². The number of pyridine rings is 1. The molecule has 0 spiro atoms. The molecule has 108 valence electrons. The molecule has 0 radical (unpaired) electrons. The molecule has 9 heteroatoms. The van der Waals surface area contributed by atoms with E-state index in [2.05, 4.69) is 5.32 Å². The predicted molar refractivity (Wildman–Crippen MR) is 67.2 cm³/mol. The summed E-state index contributed by atoms with van der Waals surface area (Å²) in [5.41, 5.74) is -0.690. The van der Waals surface area contributed by atoms with Gasteiger partial charge >= 0.3 is 5.97 Å². The van der Waals surface area contributed by atoms with Gasteiger partial charge in [0.25, 0.3) is 11.2 Å². The van der Waals surface area contributed by atoms with Crippen LogP contribution in [0.1, 0.15) is 12.8 Å². The summed E-state index contributed by atoms with van der Waals surface area (Å²) in [5, 5.41) is 21.3. The Bertz CT molecular complexity index is 580. The van der Waals surface area contributed by atoms with Gasteiger partial charge in [-0.2, -0.15) is 0 Å². The van der Waals surface area contributed by atoms with Crippen molar-refractivity contribution < 1.29 is 19.6 Å². The van der Waals surface area contributed by atoms with Gasteiger partial charge in [0.05, 0.1) is 17.5 Å². The number of aliphatic carboxylic acids is 1. The van der Waals surface area contributed by atoms with Crippen molar-refractivity contribution in [2.75, 3.05) is 6.54 Å². The van der Waals surface area contributed by atoms with Gasteiger partial charge in [-0.25, -0.2) is 0 Å². The maximum Gasteiger partial charge on any atom is 0.305 e. The lowest BCUT2D eigenvalue weighted by molar-refractivity contribution is -0.385. The Morgan fingerprint density at radius 1 is 1.35 bits per heavy atom. The van der Waals surface area contributed by atoms with Crippen LogP contribution in [-0.4, -0.2) is 33.0 Å². The SMILES string of the molecule is O=C(O)CCNC(=O)CCn1cc([N+](=O)[O-])ccc1=O. The molecule has 0 aromatic carbocycles. The standard InChI is InChI=1S/C11H13N3O6/c15-9(12-5-3-11(17)18)4-6-13-7-8(14(19)20)1-2-10(13)16/h1-2,7H,3-6H2,(H,12,15)(H,17,18). The number of aromatic nitrogens is 1. The van der Waals surface area contributed by atoms with Crippen LogP contribution < -0.4 is 10.9 Å². The molecule has 1 aromatic rings. The average Bonchev–Trinajstić information content (AvgIpc) is 2.37. The molecule has 0 saturated carbocycles. The maximum atomic E-state index is 11.4. The number of hydrogen-bond donors (Lipinski definition) is 2. The highest BCUT2D eigenvalue weighted by Crippen LogP contribution is 2.06. The van der Waals surface area contributed by atoms with Crippen LogP contribution in [0.4, 0.5) is 5.69 Å². The van der Waals surface area contributed by atoms with E-state index in [1.165, 1.54) is 0 Å². The molecule has 0 fully saturated rings. The largest absolute Gasteiger partial charge is 0.481 e. The first-order valence-electron chi connectivity index (χ1n) is 5.73. The van der Waals surface area contributed by atoms with Gasteiger partial charge in [-0.1, -0.05) is 0 Å². The van der Waals surface area contributed by atoms with E-state index in [0.717, 1.165) is 22.9 Å². The summed E-state index contributed by atoms with van der Waals surface area (Å²) in [6.07, 6.45) is 0.802. The topological polar surface area (TPSA) is 132 Å². The molecule has 0 unspecified atom stereocenters. The van der Waals surface area contributed by atoms with Gasteiger partial charge in [0, 0.05) is 31.6 Å². The zero-order valence-corrected chi connectivity index (χ0v) is 10.4. The molecule has 0 aliphatic rings. The third-order valence-electron chi connectivity index (χ3n) is 2.42. The molecule has 0 bridgehead atoms. The summed E-state index contributed by atoms with van der Waals surface area (Å²) in [7, 11) is 0. The second-order valence-electron chi connectivity index (χ2n) is 3.92. The Balaban J connectivity index is 2.54. The van der Waals surface area contributed by atoms with E-state index in [1.54, 1.807) is 0 Å². The minimum Gasteiger partial charge on any atom is -0.481 e. The second kappa shape index (κ2) is 7.02. The molecule has 9 nitrogen and oxygen atoms in total. The minimum absolute atomic E-state index is 0.00198. The Kier molecular flexibility index (Phi) is 5.39. The smallest absolute Gasteiger partial charge is 0.305 e. The first kappa shape index (κ1) is 15.3. The molecule has 0 aliphatic heterocycles. The molecular formula is C11H13N3O6. The quantitative estimate of drug-likeness (QED) is 0.523. The Labute approximate surface area is 113 Å². The number of rotatable bonds is 7. The van der Waals surface area contributed by atoms with Gasteiger partial charge in [-0.3, -0.25) is 24.5 Å². The van der Waals surface area contributed by atoms with E-state index in [0.29, 0.717) is 0 Å². The van der Waals surface area contributed by atoms with Gasteiger partial charge in [-0.15, -0.1) is 0 Å². The van der Waals surface area contributed by atoms with Crippen LogP contribution in [0.25, 0.3) is 0 Å². The highest BCUT2D eigenvalue weighted by molar-refractivity contribution is 5.76. The lowest BCUT2D eigenvalue weighted by Crippen LogP contribution is -2.28. The monoisotopic (exact) mass is 283 g/mol. The maximum absolute atomic E-state index is 11.4. The van der Waals surface area contributed by atoms with E-state index >= 15 is 0 Å². The van der Waals surface area contributed by atoms with Gasteiger partial charge < -0.3 is 15.0 Å². The number of hydrogen-bond acceptors (Lipinski definition) is 5. The van der Waals surface area contributed by atoms with Gasteiger partial charge in [0.15, 0.2) is 0 Å². The van der Waals surface area contributed by atoms with Crippen molar-refractivity contribution in [3.05, 3.63) is 38.8 Å². The number of carbonyl (C=O) groups is 2. The van der Waals surface area contributed by atoms with Crippen molar-refractivity contribution in [3.63, 3.8) is 0 Å². The number of carboxylic acid groups (broad SMARTS) is 1. The summed E-state index contributed by atoms with van der Waals surface area (Å²) in [5.74, 6) is -1.45. The number of nitrogens with zero attached hydrogens (tertiary/aromatic N) is 2. The summed E-state index contributed by atoms with van der Waals surface area (Å²) in [4.78, 5) is 43.0. The Hall–Kier alpha value is -2.71. The van der Waals surface area contributed by atoms with Crippen molar-refractivity contribution in [2.45, 2.75) is 19.4 Å². The summed E-state index contributed by atoms with van der Waals surface area (Å²) < 4.78 is 1.06. The van der Waals surface area contributed by atoms with Crippen LogP contribution in [0.15, 0.2) is 23.1 Å². The van der Waals surface area contributed by atoms with Crippen molar-refractivity contribution in [3.8, 4) is 0 Å². The Morgan fingerprint density at radius 2 is 2.05 bits per heavy atom. The highest BCUT2D eigenvalue weighted by atomic mass is 16.6. The number of amides is 1. The van der Waals surface area contributed by atoms with Crippen LogP contribution in [0.2, 0.25) is 0 Å². The molecule has 0 atom stereocenters. The summed E-state index contributed by atoms with van der Waals surface area (Å²) in [6, 6.07) is 2.15. The van der Waals surface area contributed by atoms with Crippen molar-refractivity contribution in [2.24, 2.45) is 0 Å². The third kappa shape index (κ3) is 4.88. The molecular weight excluding hydrogens is 270 g/mol. The molecule has 1 rings (SSSR count). The highest BCUT2D eigenvalue weighted by Gasteiger charge is 2.09. The number of carboxylic acids is 1. The fraction of sp³-hybridized carbons (Fsp3) is 0.364. The minimum atomic E-state index is -1.03.